The number of hydrogen-bond donors (Lipinski definition) is 0. The molecule has 0 N–H and O–H groups in total. The predicted molar refractivity (Wildman–Crippen MR) is 120 cm³/mol. The van der Waals surface area contributed by atoms with E-state index in [1.54, 1.807) is 12.2 Å². The molecule has 0 saturated heterocycles. The van der Waals surface area contributed by atoms with E-state index in [0.717, 1.165) is 15.6 Å². The molecular formula is C23H31NO4SY-2. The zero-order valence-corrected chi connectivity index (χ0v) is 22.5. The molecule has 0 bridgehead atoms. The molecule has 0 heterocycles. The van der Waals surface area contributed by atoms with Crippen LogP contribution in [0.4, 0.5) is 5.69 Å². The summed E-state index contributed by atoms with van der Waals surface area (Å²) in [5, 5.41) is 8.86. The van der Waals surface area contributed by atoms with Gasteiger partial charge < -0.3 is 9.59 Å². The Bertz CT molecular complexity index is 933. The van der Waals surface area contributed by atoms with Crippen LogP contribution in [0.1, 0.15) is 27.8 Å². The summed E-state index contributed by atoms with van der Waals surface area (Å²) in [5.41, 5.74) is 7.27. The molecule has 163 valence electrons. The van der Waals surface area contributed by atoms with Crippen molar-refractivity contribution in [1.29, 1.82) is 0 Å². The van der Waals surface area contributed by atoms with E-state index in [1.165, 1.54) is 22.4 Å². The van der Waals surface area contributed by atoms with E-state index in [9.17, 15) is 8.42 Å². The quantitative estimate of drug-likeness (QED) is 0.275. The molecule has 7 heteroatoms. The Morgan fingerprint density at radius 2 is 1.30 bits per heavy atom. The van der Waals surface area contributed by atoms with Crippen LogP contribution in [0.25, 0.3) is 12.2 Å². The summed E-state index contributed by atoms with van der Waals surface area (Å²) in [6.45, 7) is 17.1. The van der Waals surface area contributed by atoms with Crippen molar-refractivity contribution in [2.75, 3.05) is 27.4 Å². The van der Waals surface area contributed by atoms with E-state index in [2.05, 4.69) is 76.6 Å². The van der Waals surface area contributed by atoms with Gasteiger partial charge in [0.05, 0.1) is 27.4 Å². The van der Waals surface area contributed by atoms with E-state index >= 15 is 0 Å². The summed E-state index contributed by atoms with van der Waals surface area (Å²) in [6, 6.07) is 12.6. The molecule has 5 nitrogen and oxygen atoms in total. The first kappa shape index (κ1) is 31.0. The van der Waals surface area contributed by atoms with Crippen molar-refractivity contribution < 1.29 is 50.7 Å². The molecular weight excluding hydrogens is 475 g/mol. The fraction of sp³-hybridized carbons (Fsp3) is 0.304. The standard InChI is InChI=1S/C12H17N.C10H11.CH4O4S.Y/c1-6-11-7-8-12(9-10(11)2)13(3,4)5;1-4-10-6-5-8(2)7-9(10)3;1-6(3,4)5-2;/h1,6-9H,2-5H3;1,4-7H,2-3H3;2H,1H3;/q;-1;;/p-1. The van der Waals surface area contributed by atoms with E-state index < -0.39 is 10.1 Å². The summed E-state index contributed by atoms with van der Waals surface area (Å²) >= 11 is 0. The number of quaternary nitrogens is 1. The van der Waals surface area contributed by atoms with Crippen molar-refractivity contribution in [3.63, 3.8) is 0 Å². The molecule has 0 fully saturated rings. The zero-order valence-electron chi connectivity index (χ0n) is 18.8. The minimum Gasteiger partial charge on any atom is -0.707 e. The average molecular weight is 506 g/mol. The van der Waals surface area contributed by atoms with Gasteiger partial charge in [0.1, 0.15) is 5.69 Å². The Balaban J connectivity index is 0. The number of nitrogens with zero attached hydrogens (tertiary/aromatic N) is 1. The first-order valence-corrected chi connectivity index (χ1v) is 10.7. The maximum atomic E-state index is 9.47. The maximum Gasteiger partial charge on any atom is 0.255 e. The second-order valence-corrected chi connectivity index (χ2v) is 9.06. The Morgan fingerprint density at radius 1 is 0.900 bits per heavy atom. The topological polar surface area (TPSA) is 66.4 Å². The van der Waals surface area contributed by atoms with Gasteiger partial charge in [-0.05, 0) is 19.1 Å². The van der Waals surface area contributed by atoms with Gasteiger partial charge in [-0.25, -0.2) is 20.6 Å². The number of benzene rings is 2. The molecule has 0 saturated carbocycles. The molecule has 30 heavy (non-hydrogen) atoms. The van der Waals surface area contributed by atoms with Gasteiger partial charge in [-0.3, -0.25) is 17.6 Å². The van der Waals surface area contributed by atoms with Crippen LogP contribution < -0.4 is 9.74 Å². The molecule has 0 aromatic heterocycles. The minimum atomic E-state index is -3.72. The Hall–Kier alpha value is -1.15. The van der Waals surface area contributed by atoms with Crippen LogP contribution in [0.3, 0.4) is 0 Å². The molecule has 0 spiro atoms. The first-order chi connectivity index (χ1) is 13.2. The SMILES string of the molecule is CS(=O)(=O)O[O-].[CH-]=Cc1ccc(C)cc1C.[CH-]=Cc1ccc([N+](C)(C)C)cc1C.[Y]. The molecule has 0 unspecified atom stereocenters. The smallest absolute Gasteiger partial charge is 0.255 e. The van der Waals surface area contributed by atoms with E-state index in [4.69, 9.17) is 18.4 Å². The minimum absolute atomic E-state index is 0. The van der Waals surface area contributed by atoms with Crippen LogP contribution in [0.2, 0.25) is 0 Å². The van der Waals surface area contributed by atoms with Gasteiger partial charge in [0.2, 0.25) is 0 Å². The van der Waals surface area contributed by atoms with Crippen molar-refractivity contribution in [2.45, 2.75) is 20.8 Å². The largest absolute Gasteiger partial charge is 0.707 e. The van der Waals surface area contributed by atoms with Gasteiger partial charge >= 0.3 is 0 Å². The average Bonchev–Trinajstić information content (AvgIpc) is 2.61. The molecule has 0 aliphatic heterocycles. The van der Waals surface area contributed by atoms with Crippen molar-refractivity contribution in [1.82, 2.24) is 4.48 Å². The molecule has 2 rings (SSSR count). The molecule has 2 aromatic rings. The number of hydrogen-bond acceptors (Lipinski definition) is 4. The normalized spacial score (nSPS) is 10.4. The second-order valence-electron chi connectivity index (χ2n) is 7.52. The van der Waals surface area contributed by atoms with Gasteiger partial charge in [-0.1, -0.05) is 31.5 Å². The van der Waals surface area contributed by atoms with Gasteiger partial charge in [-0.15, -0.1) is 23.3 Å². The van der Waals surface area contributed by atoms with Gasteiger partial charge in [0.25, 0.3) is 10.1 Å². The predicted octanol–water partition coefficient (Wildman–Crippen LogP) is 3.62. The fourth-order valence-electron chi connectivity index (χ4n) is 2.28. The fourth-order valence-corrected chi connectivity index (χ4v) is 2.28. The summed E-state index contributed by atoms with van der Waals surface area (Å²) < 4.78 is 22.4. The monoisotopic (exact) mass is 506 g/mol. The van der Waals surface area contributed by atoms with Crippen molar-refractivity contribution in [2.24, 2.45) is 0 Å². The van der Waals surface area contributed by atoms with Crippen molar-refractivity contribution in [3.05, 3.63) is 77.4 Å². The van der Waals surface area contributed by atoms with Crippen molar-refractivity contribution in [3.8, 4) is 0 Å². The van der Waals surface area contributed by atoms with E-state index in [-0.39, 0.29) is 32.7 Å². The third-order valence-electron chi connectivity index (χ3n) is 3.94. The summed E-state index contributed by atoms with van der Waals surface area (Å²) in [4.78, 5) is 0. The van der Waals surface area contributed by atoms with Crippen LogP contribution >= 0.6 is 0 Å². The zero-order chi connectivity index (χ0) is 22.8. The van der Waals surface area contributed by atoms with Crippen LogP contribution in [0.5, 0.6) is 0 Å². The Morgan fingerprint density at radius 3 is 1.60 bits per heavy atom. The summed E-state index contributed by atoms with van der Waals surface area (Å²) in [6.07, 6.45) is 3.96. The molecule has 0 atom stereocenters. The molecule has 0 aliphatic rings. The summed E-state index contributed by atoms with van der Waals surface area (Å²) in [7, 11) is 2.74. The Labute approximate surface area is 207 Å². The second kappa shape index (κ2) is 14.0. The van der Waals surface area contributed by atoms with Gasteiger partial charge in [0, 0.05) is 32.7 Å². The van der Waals surface area contributed by atoms with Gasteiger partial charge in [-0.2, -0.15) is 11.1 Å². The molecule has 1 radical (unpaired) electrons. The number of rotatable bonds is 4. The number of aryl methyl sites for hydroxylation is 3. The van der Waals surface area contributed by atoms with Crippen LogP contribution in [0.15, 0.2) is 36.4 Å². The first-order valence-electron chi connectivity index (χ1n) is 8.86. The van der Waals surface area contributed by atoms with Gasteiger partial charge in [0.15, 0.2) is 0 Å². The molecule has 2 aromatic carbocycles. The van der Waals surface area contributed by atoms with Crippen LogP contribution in [0, 0.1) is 33.9 Å². The molecule has 0 aliphatic carbocycles. The van der Waals surface area contributed by atoms with Crippen LogP contribution in [-0.2, 0) is 47.2 Å². The molecule has 0 amide bonds. The third kappa shape index (κ3) is 12.5. The van der Waals surface area contributed by atoms with E-state index in [1.807, 2.05) is 6.07 Å². The van der Waals surface area contributed by atoms with Crippen LogP contribution in [-0.4, -0.2) is 35.8 Å². The van der Waals surface area contributed by atoms with Crippen molar-refractivity contribution >= 4 is 28.0 Å². The Kier molecular flexibility index (Phi) is 14.5. The maximum absolute atomic E-state index is 9.47. The summed E-state index contributed by atoms with van der Waals surface area (Å²) in [5.74, 6) is 0. The third-order valence-corrected chi connectivity index (χ3v) is 4.18. The van der Waals surface area contributed by atoms with E-state index in [0.29, 0.717) is 6.26 Å².